The summed E-state index contributed by atoms with van der Waals surface area (Å²) in [4.78, 5) is 51.3. The van der Waals surface area contributed by atoms with E-state index < -0.39 is 0 Å². The molecule has 0 aromatic heterocycles. The third kappa shape index (κ3) is 3.62. The van der Waals surface area contributed by atoms with Crippen molar-refractivity contribution in [2.45, 2.75) is 0 Å². The Morgan fingerprint density at radius 1 is 0.500 bits per heavy atom. The number of nitrogens with zero attached hydrogens (tertiary/aromatic N) is 2. The van der Waals surface area contributed by atoms with Gasteiger partial charge in [0.2, 0.25) is 0 Å². The van der Waals surface area contributed by atoms with Crippen molar-refractivity contribution in [3.63, 3.8) is 0 Å². The molecule has 0 saturated heterocycles. The van der Waals surface area contributed by atoms with Gasteiger partial charge in [0.05, 0.1) is 61.8 Å². The number of hydrogen-bond acceptors (Lipinski definition) is 6. The highest BCUT2D eigenvalue weighted by atomic mass is 16.5. The van der Waals surface area contributed by atoms with E-state index in [-0.39, 0.29) is 63.1 Å². The van der Waals surface area contributed by atoms with Crippen molar-refractivity contribution in [2.24, 2.45) is 0 Å². The molecule has 2 aromatic rings. The van der Waals surface area contributed by atoms with Gasteiger partial charge in [-0.2, -0.15) is 0 Å². The summed E-state index contributed by atoms with van der Waals surface area (Å²) in [5.74, 6) is -1.24. The van der Waals surface area contributed by atoms with Crippen LogP contribution in [-0.2, 0) is 9.47 Å². The summed E-state index contributed by atoms with van der Waals surface area (Å²) in [6, 6.07) is 13.5. The highest BCUT2D eigenvalue weighted by Crippen LogP contribution is 2.22. The van der Waals surface area contributed by atoms with Crippen LogP contribution in [0.25, 0.3) is 0 Å². The summed E-state index contributed by atoms with van der Waals surface area (Å²) in [6.07, 6.45) is 0. The first-order valence-electron chi connectivity index (χ1n) is 9.65. The fourth-order valence-corrected chi connectivity index (χ4v) is 3.52. The number of benzene rings is 2. The van der Waals surface area contributed by atoms with Gasteiger partial charge in [0.15, 0.2) is 0 Å². The lowest BCUT2D eigenvalue weighted by Crippen LogP contribution is -2.34. The third-order valence-electron chi connectivity index (χ3n) is 5.05. The molecule has 0 spiro atoms. The van der Waals surface area contributed by atoms with E-state index in [0.29, 0.717) is 22.3 Å². The molecule has 0 bridgehead atoms. The topological polar surface area (TPSA) is 93.2 Å². The molecular weight excluding hydrogens is 388 g/mol. The van der Waals surface area contributed by atoms with E-state index >= 15 is 0 Å². The number of imide groups is 2. The Balaban J connectivity index is 1.12. The second-order valence-corrected chi connectivity index (χ2v) is 6.84. The van der Waals surface area contributed by atoms with Crippen molar-refractivity contribution in [3.8, 4) is 0 Å². The van der Waals surface area contributed by atoms with Crippen LogP contribution in [0.5, 0.6) is 0 Å². The molecule has 0 fully saturated rings. The lowest BCUT2D eigenvalue weighted by molar-refractivity contribution is 0.0285. The zero-order valence-electron chi connectivity index (χ0n) is 16.2. The van der Waals surface area contributed by atoms with Crippen molar-refractivity contribution >= 4 is 23.6 Å². The van der Waals surface area contributed by atoms with Crippen LogP contribution in [0.1, 0.15) is 41.4 Å². The van der Waals surface area contributed by atoms with Crippen molar-refractivity contribution in [1.82, 2.24) is 9.80 Å². The largest absolute Gasteiger partial charge is 0.377 e. The van der Waals surface area contributed by atoms with E-state index in [1.807, 2.05) is 0 Å². The Bertz CT molecular complexity index is 867. The van der Waals surface area contributed by atoms with Gasteiger partial charge < -0.3 is 9.47 Å². The van der Waals surface area contributed by atoms with E-state index in [0.717, 1.165) is 0 Å². The molecule has 2 heterocycles. The molecule has 154 valence electrons. The van der Waals surface area contributed by atoms with Gasteiger partial charge in [-0.15, -0.1) is 0 Å². The van der Waals surface area contributed by atoms with E-state index in [1.165, 1.54) is 9.80 Å². The molecule has 2 aromatic carbocycles. The molecule has 8 heteroatoms. The number of carbonyl (C=O) groups is 4. The number of ether oxygens (including phenoxy) is 2. The van der Waals surface area contributed by atoms with Crippen LogP contribution < -0.4 is 0 Å². The van der Waals surface area contributed by atoms with Gasteiger partial charge >= 0.3 is 0 Å². The minimum absolute atomic E-state index is 0.168. The molecule has 2 aliphatic heterocycles. The first kappa shape index (κ1) is 19.9. The van der Waals surface area contributed by atoms with E-state index in [4.69, 9.17) is 9.47 Å². The van der Waals surface area contributed by atoms with Gasteiger partial charge in [-0.1, -0.05) is 24.3 Å². The Morgan fingerprint density at radius 3 is 1.10 bits per heavy atom. The first-order valence-corrected chi connectivity index (χ1v) is 9.65. The summed E-state index contributed by atoms with van der Waals surface area (Å²) in [7, 11) is 0. The smallest absolute Gasteiger partial charge is 0.261 e. The summed E-state index contributed by atoms with van der Waals surface area (Å²) < 4.78 is 10.9. The lowest BCUT2D eigenvalue weighted by Gasteiger charge is -2.15. The molecule has 0 unspecified atom stereocenters. The molecule has 4 rings (SSSR count). The monoisotopic (exact) mass is 408 g/mol. The maximum Gasteiger partial charge on any atom is 0.261 e. The van der Waals surface area contributed by atoms with Gasteiger partial charge in [0, 0.05) is 0 Å². The quantitative estimate of drug-likeness (QED) is 0.462. The van der Waals surface area contributed by atoms with Crippen LogP contribution in [0.3, 0.4) is 0 Å². The molecule has 2 aliphatic rings. The number of carbonyl (C=O) groups excluding carboxylic acids is 4. The van der Waals surface area contributed by atoms with Crippen LogP contribution in [-0.4, -0.2) is 72.9 Å². The zero-order valence-corrected chi connectivity index (χ0v) is 16.2. The van der Waals surface area contributed by atoms with E-state index in [1.54, 1.807) is 48.5 Å². The Morgan fingerprint density at radius 2 is 0.800 bits per heavy atom. The van der Waals surface area contributed by atoms with Crippen LogP contribution in [0.2, 0.25) is 0 Å². The number of hydrogen-bond donors (Lipinski definition) is 0. The lowest BCUT2D eigenvalue weighted by atomic mass is 10.1. The van der Waals surface area contributed by atoms with Gasteiger partial charge in [-0.05, 0) is 24.3 Å². The van der Waals surface area contributed by atoms with Crippen LogP contribution >= 0.6 is 0 Å². The normalized spacial score (nSPS) is 15.2. The Hall–Kier alpha value is -3.36. The minimum Gasteiger partial charge on any atom is -0.377 e. The van der Waals surface area contributed by atoms with Crippen LogP contribution in [0, 0.1) is 0 Å². The fourth-order valence-electron chi connectivity index (χ4n) is 3.52. The Labute approximate surface area is 173 Å². The second kappa shape index (κ2) is 8.56. The average Bonchev–Trinajstić information content (AvgIpc) is 3.16. The van der Waals surface area contributed by atoms with Gasteiger partial charge in [-0.25, -0.2) is 0 Å². The van der Waals surface area contributed by atoms with Crippen molar-refractivity contribution in [3.05, 3.63) is 70.8 Å². The second-order valence-electron chi connectivity index (χ2n) is 6.84. The number of amides is 4. The summed E-state index contributed by atoms with van der Waals surface area (Å²) in [5, 5.41) is 0. The van der Waals surface area contributed by atoms with Crippen molar-refractivity contribution in [2.75, 3.05) is 39.5 Å². The molecule has 4 amide bonds. The fraction of sp³-hybridized carbons (Fsp3) is 0.273. The summed E-state index contributed by atoms with van der Waals surface area (Å²) in [6.45, 7) is 1.28. The molecule has 0 atom stereocenters. The highest BCUT2D eigenvalue weighted by molar-refractivity contribution is 6.22. The average molecular weight is 408 g/mol. The summed E-state index contributed by atoms with van der Waals surface area (Å²) >= 11 is 0. The standard InChI is InChI=1S/C22H20N2O6/c25-19-15-5-1-2-6-16(15)20(26)23(19)9-11-29-13-14-30-12-10-24-21(27)17-7-3-4-8-18(17)22(24)28/h1-8H,9-14H2. The molecule has 8 nitrogen and oxygen atoms in total. The third-order valence-corrected chi connectivity index (χ3v) is 5.05. The van der Waals surface area contributed by atoms with Crippen molar-refractivity contribution in [1.29, 1.82) is 0 Å². The molecule has 0 aliphatic carbocycles. The van der Waals surface area contributed by atoms with Gasteiger partial charge in [-0.3, -0.25) is 29.0 Å². The first-order chi connectivity index (χ1) is 14.6. The Kier molecular flexibility index (Phi) is 5.69. The molecular formula is C22H20N2O6. The van der Waals surface area contributed by atoms with Gasteiger partial charge in [0.25, 0.3) is 23.6 Å². The maximum absolute atomic E-state index is 12.2. The number of rotatable bonds is 9. The van der Waals surface area contributed by atoms with Crippen LogP contribution in [0.4, 0.5) is 0 Å². The maximum atomic E-state index is 12.2. The number of fused-ring (bicyclic) bond motifs is 2. The SMILES string of the molecule is O=C1c2ccccc2C(=O)N1CCOCCOCCN1C(=O)c2ccccc2C1=O. The van der Waals surface area contributed by atoms with Gasteiger partial charge in [0.1, 0.15) is 0 Å². The highest BCUT2D eigenvalue weighted by Gasteiger charge is 2.35. The predicted molar refractivity (Wildman–Crippen MR) is 105 cm³/mol. The van der Waals surface area contributed by atoms with Crippen LogP contribution in [0.15, 0.2) is 48.5 Å². The molecule has 0 saturated carbocycles. The van der Waals surface area contributed by atoms with Crippen molar-refractivity contribution < 1.29 is 28.7 Å². The molecule has 0 N–H and O–H groups in total. The molecule has 0 radical (unpaired) electrons. The zero-order chi connectivity index (χ0) is 21.1. The molecule has 30 heavy (non-hydrogen) atoms. The summed E-state index contributed by atoms with van der Waals surface area (Å²) in [5.41, 5.74) is 1.66. The minimum atomic E-state index is -0.309. The van der Waals surface area contributed by atoms with E-state index in [9.17, 15) is 19.2 Å². The predicted octanol–water partition coefficient (Wildman–Crippen LogP) is 1.61. The van der Waals surface area contributed by atoms with E-state index in [2.05, 4.69) is 0 Å².